The molecular weight excluding hydrogens is 322 g/mol. The van der Waals surface area contributed by atoms with Gasteiger partial charge in [0, 0.05) is 15.7 Å². The second kappa shape index (κ2) is 4.92. The van der Waals surface area contributed by atoms with Crippen molar-refractivity contribution < 1.29 is 14.3 Å². The summed E-state index contributed by atoms with van der Waals surface area (Å²) in [5, 5.41) is 11.8. The zero-order valence-corrected chi connectivity index (χ0v) is 12.3. The smallest absolute Gasteiger partial charge is 0.256 e. The molecule has 0 radical (unpaired) electrons. The zero-order chi connectivity index (χ0) is 14.3. The van der Waals surface area contributed by atoms with E-state index in [0.29, 0.717) is 17.1 Å². The molecule has 1 aromatic carbocycles. The van der Waals surface area contributed by atoms with Crippen molar-refractivity contribution in [1.29, 1.82) is 0 Å². The van der Waals surface area contributed by atoms with Gasteiger partial charge < -0.3 is 14.8 Å². The van der Waals surface area contributed by atoms with Crippen LogP contribution >= 0.6 is 15.9 Å². The highest BCUT2D eigenvalue weighted by Crippen LogP contribution is 2.38. The number of nitrogens with one attached hydrogen (secondary N) is 1. The van der Waals surface area contributed by atoms with Gasteiger partial charge in [-0.2, -0.15) is 0 Å². The largest absolute Gasteiger partial charge is 0.459 e. The third-order valence-electron chi connectivity index (χ3n) is 3.29. The van der Waals surface area contributed by atoms with Crippen LogP contribution in [-0.2, 0) is 11.4 Å². The van der Waals surface area contributed by atoms with E-state index in [9.17, 15) is 4.79 Å². The Labute approximate surface area is 124 Å². The van der Waals surface area contributed by atoms with Crippen LogP contribution in [0.15, 0.2) is 33.2 Å². The quantitative estimate of drug-likeness (QED) is 0.828. The fourth-order valence-electron chi connectivity index (χ4n) is 2.28. The third-order valence-corrected chi connectivity index (χ3v) is 4.15. The van der Waals surface area contributed by atoms with Crippen molar-refractivity contribution in [3.63, 3.8) is 0 Å². The van der Waals surface area contributed by atoms with Gasteiger partial charge in [-0.1, -0.05) is 15.9 Å². The normalized spacial score (nSPS) is 15.6. The Morgan fingerprint density at radius 3 is 2.85 bits per heavy atom. The lowest BCUT2D eigenvalue weighted by Crippen LogP contribution is -2.03. The molecule has 0 saturated carbocycles. The van der Waals surface area contributed by atoms with Crippen LogP contribution in [0, 0.1) is 6.92 Å². The predicted octanol–water partition coefficient (Wildman–Crippen LogP) is 3.34. The summed E-state index contributed by atoms with van der Waals surface area (Å²) in [6.45, 7) is 1.80. The molecule has 3 rings (SSSR count). The number of halogens is 1. The molecule has 102 valence electrons. The number of aliphatic hydroxyl groups is 1. The van der Waals surface area contributed by atoms with Crippen LogP contribution in [0.1, 0.15) is 22.6 Å². The zero-order valence-electron chi connectivity index (χ0n) is 10.7. The highest BCUT2D eigenvalue weighted by atomic mass is 79.9. The maximum atomic E-state index is 12.1. The lowest BCUT2D eigenvalue weighted by molar-refractivity contribution is -0.110. The molecule has 0 fully saturated rings. The molecule has 1 aliphatic rings. The Morgan fingerprint density at radius 1 is 1.35 bits per heavy atom. The molecule has 2 heterocycles. The number of furan rings is 1. The fourth-order valence-corrected chi connectivity index (χ4v) is 2.61. The van der Waals surface area contributed by atoms with Gasteiger partial charge in [-0.25, -0.2) is 0 Å². The standard InChI is InChI=1S/C15H12BrNO3/c1-8-12(16)4-5-13-14(8)11(15(19)17-13)6-9-2-3-10(7-18)20-9/h2-6,18H,7H2,1H3,(H,17,19). The van der Waals surface area contributed by atoms with E-state index in [1.54, 1.807) is 18.2 Å². The Morgan fingerprint density at radius 2 is 2.15 bits per heavy atom. The Balaban J connectivity index is 2.12. The van der Waals surface area contributed by atoms with E-state index in [1.165, 1.54) is 0 Å². The molecule has 4 nitrogen and oxygen atoms in total. The number of carbonyl (C=O) groups is 1. The second-order valence-corrected chi connectivity index (χ2v) is 5.42. The van der Waals surface area contributed by atoms with Crippen molar-refractivity contribution in [2.75, 3.05) is 5.32 Å². The first-order chi connectivity index (χ1) is 9.60. The van der Waals surface area contributed by atoms with Gasteiger partial charge in [-0.15, -0.1) is 0 Å². The molecule has 20 heavy (non-hydrogen) atoms. The summed E-state index contributed by atoms with van der Waals surface area (Å²) >= 11 is 3.47. The lowest BCUT2D eigenvalue weighted by atomic mass is 10.0. The Kier molecular flexibility index (Phi) is 3.23. The number of fused-ring (bicyclic) bond motifs is 1. The molecule has 5 heteroatoms. The molecule has 0 bridgehead atoms. The van der Waals surface area contributed by atoms with Crippen molar-refractivity contribution in [2.45, 2.75) is 13.5 Å². The highest BCUT2D eigenvalue weighted by molar-refractivity contribution is 9.10. The van der Waals surface area contributed by atoms with E-state index in [1.807, 2.05) is 19.1 Å². The fraction of sp³-hybridized carbons (Fsp3) is 0.133. The van der Waals surface area contributed by atoms with Crippen LogP contribution in [0.4, 0.5) is 5.69 Å². The lowest BCUT2D eigenvalue weighted by Gasteiger charge is -2.05. The molecule has 0 aliphatic carbocycles. The van der Waals surface area contributed by atoms with Crippen LogP contribution in [0.2, 0.25) is 0 Å². The number of rotatable bonds is 2. The number of aliphatic hydroxyl groups excluding tert-OH is 1. The molecular formula is C15H12BrNO3. The van der Waals surface area contributed by atoms with Gasteiger partial charge in [0.25, 0.3) is 5.91 Å². The average Bonchev–Trinajstić information content (AvgIpc) is 3.00. The molecule has 0 spiro atoms. The summed E-state index contributed by atoms with van der Waals surface area (Å²) in [4.78, 5) is 12.1. The maximum absolute atomic E-state index is 12.1. The SMILES string of the molecule is Cc1c(Br)ccc2c1C(=Cc1ccc(CO)o1)C(=O)N2. The van der Waals surface area contributed by atoms with Crippen LogP contribution in [-0.4, -0.2) is 11.0 Å². The average molecular weight is 334 g/mol. The predicted molar refractivity (Wildman–Crippen MR) is 80.0 cm³/mol. The number of hydrogen-bond donors (Lipinski definition) is 2. The van der Waals surface area contributed by atoms with Gasteiger partial charge in [-0.3, -0.25) is 4.79 Å². The summed E-state index contributed by atoms with van der Waals surface area (Å²) in [6.07, 6.45) is 1.69. The van der Waals surface area contributed by atoms with Crippen molar-refractivity contribution in [3.8, 4) is 0 Å². The maximum Gasteiger partial charge on any atom is 0.256 e. The summed E-state index contributed by atoms with van der Waals surface area (Å²) in [7, 11) is 0. The van der Waals surface area contributed by atoms with Gasteiger partial charge in [0.05, 0.1) is 5.57 Å². The number of carbonyl (C=O) groups excluding carboxylic acids is 1. The second-order valence-electron chi connectivity index (χ2n) is 4.57. The monoisotopic (exact) mass is 333 g/mol. The molecule has 0 atom stereocenters. The molecule has 2 N–H and O–H groups in total. The first-order valence-electron chi connectivity index (χ1n) is 6.12. The Hall–Kier alpha value is -1.85. The van der Waals surface area contributed by atoms with E-state index in [0.717, 1.165) is 21.3 Å². The minimum absolute atomic E-state index is 0.150. The van der Waals surface area contributed by atoms with Gasteiger partial charge in [0.15, 0.2) is 0 Å². The molecule has 1 amide bonds. The van der Waals surface area contributed by atoms with Crippen molar-refractivity contribution in [3.05, 3.63) is 51.4 Å². The van der Waals surface area contributed by atoms with E-state index in [4.69, 9.17) is 9.52 Å². The van der Waals surface area contributed by atoms with E-state index >= 15 is 0 Å². The van der Waals surface area contributed by atoms with Gasteiger partial charge in [0.1, 0.15) is 18.1 Å². The topological polar surface area (TPSA) is 62.5 Å². The van der Waals surface area contributed by atoms with Crippen LogP contribution < -0.4 is 5.32 Å². The summed E-state index contributed by atoms with van der Waals surface area (Å²) < 4.78 is 6.36. The summed E-state index contributed by atoms with van der Waals surface area (Å²) in [5.41, 5.74) is 3.25. The number of anilines is 1. The van der Waals surface area contributed by atoms with Crippen LogP contribution in [0.25, 0.3) is 11.6 Å². The Bertz CT molecular complexity index is 731. The van der Waals surface area contributed by atoms with E-state index in [2.05, 4.69) is 21.2 Å². The van der Waals surface area contributed by atoms with Gasteiger partial charge in [0.2, 0.25) is 0 Å². The number of hydrogen-bond acceptors (Lipinski definition) is 3. The van der Waals surface area contributed by atoms with Gasteiger partial charge >= 0.3 is 0 Å². The summed E-state index contributed by atoms with van der Waals surface area (Å²) in [6, 6.07) is 7.20. The van der Waals surface area contributed by atoms with Crippen molar-refractivity contribution in [2.24, 2.45) is 0 Å². The van der Waals surface area contributed by atoms with E-state index < -0.39 is 0 Å². The van der Waals surface area contributed by atoms with Gasteiger partial charge in [-0.05, 0) is 42.8 Å². The summed E-state index contributed by atoms with van der Waals surface area (Å²) in [5.74, 6) is 0.871. The van der Waals surface area contributed by atoms with Crippen LogP contribution in [0.3, 0.4) is 0 Å². The molecule has 0 saturated heterocycles. The van der Waals surface area contributed by atoms with Crippen molar-refractivity contribution >= 4 is 39.2 Å². The molecule has 2 aromatic rings. The van der Waals surface area contributed by atoms with Crippen molar-refractivity contribution in [1.82, 2.24) is 0 Å². The molecule has 1 aromatic heterocycles. The minimum atomic E-state index is -0.156. The number of amides is 1. The highest BCUT2D eigenvalue weighted by Gasteiger charge is 2.27. The van der Waals surface area contributed by atoms with Crippen LogP contribution in [0.5, 0.6) is 0 Å². The number of benzene rings is 1. The van der Waals surface area contributed by atoms with E-state index in [-0.39, 0.29) is 12.5 Å². The molecule has 0 unspecified atom stereocenters. The molecule has 1 aliphatic heterocycles. The minimum Gasteiger partial charge on any atom is -0.459 e. The first kappa shape index (κ1) is 13.1. The third kappa shape index (κ3) is 2.09. The first-order valence-corrected chi connectivity index (χ1v) is 6.91.